The summed E-state index contributed by atoms with van der Waals surface area (Å²) in [5.74, 6) is -0.962. The number of hydrogen-bond donors (Lipinski definition) is 1. The van der Waals surface area contributed by atoms with Crippen LogP contribution in [-0.2, 0) is 7.05 Å². The molecule has 0 saturated heterocycles. The summed E-state index contributed by atoms with van der Waals surface area (Å²) in [4.78, 5) is 11.5. The van der Waals surface area contributed by atoms with Crippen LogP contribution in [0.4, 0.5) is 4.39 Å². The lowest BCUT2D eigenvalue weighted by Crippen LogP contribution is -2.13. The van der Waals surface area contributed by atoms with Crippen molar-refractivity contribution in [1.82, 2.24) is 4.57 Å². The standard InChI is InChI=1S/C15H12ClFN2O2/c1-19-11-6-5-8(7-12(11)21-15(19)20)14(18)9-3-2-4-10(17)13(9)16/h2-7,14H,18H2,1H3. The lowest BCUT2D eigenvalue weighted by molar-refractivity contribution is 0.527. The highest BCUT2D eigenvalue weighted by Crippen LogP contribution is 2.29. The van der Waals surface area contributed by atoms with Crippen molar-refractivity contribution < 1.29 is 8.81 Å². The number of nitrogens with zero attached hydrogens (tertiary/aromatic N) is 1. The molecule has 1 atom stereocenters. The summed E-state index contributed by atoms with van der Waals surface area (Å²) in [6.45, 7) is 0. The lowest BCUT2D eigenvalue weighted by atomic mass is 9.99. The highest BCUT2D eigenvalue weighted by atomic mass is 35.5. The largest absolute Gasteiger partial charge is 0.419 e. The fourth-order valence-electron chi connectivity index (χ4n) is 2.28. The van der Waals surface area contributed by atoms with Gasteiger partial charge in [-0.1, -0.05) is 29.8 Å². The first-order valence-corrected chi connectivity index (χ1v) is 6.66. The van der Waals surface area contributed by atoms with Crippen LogP contribution in [0.1, 0.15) is 17.2 Å². The van der Waals surface area contributed by atoms with Gasteiger partial charge in [0.1, 0.15) is 5.82 Å². The van der Waals surface area contributed by atoms with E-state index in [0.29, 0.717) is 22.2 Å². The number of oxazole rings is 1. The summed E-state index contributed by atoms with van der Waals surface area (Å²) in [6.07, 6.45) is 0. The molecular formula is C15H12ClFN2O2. The lowest BCUT2D eigenvalue weighted by Gasteiger charge is -2.14. The predicted octanol–water partition coefficient (Wildman–Crippen LogP) is 2.97. The smallest absolute Gasteiger partial charge is 0.408 e. The molecule has 1 unspecified atom stereocenters. The summed E-state index contributed by atoms with van der Waals surface area (Å²) in [6, 6.07) is 9.06. The first-order valence-electron chi connectivity index (χ1n) is 6.28. The Morgan fingerprint density at radius 1 is 1.33 bits per heavy atom. The second kappa shape index (κ2) is 5.02. The molecule has 0 aliphatic carbocycles. The van der Waals surface area contributed by atoms with E-state index < -0.39 is 17.6 Å². The highest BCUT2D eigenvalue weighted by molar-refractivity contribution is 6.31. The van der Waals surface area contributed by atoms with Crippen LogP contribution in [0.3, 0.4) is 0 Å². The molecule has 0 radical (unpaired) electrons. The van der Waals surface area contributed by atoms with Crippen molar-refractivity contribution in [2.75, 3.05) is 0 Å². The maximum atomic E-state index is 13.5. The quantitative estimate of drug-likeness (QED) is 0.792. The number of aryl methyl sites for hydroxylation is 1. The van der Waals surface area contributed by atoms with Crippen molar-refractivity contribution in [3.05, 3.63) is 68.9 Å². The van der Waals surface area contributed by atoms with Gasteiger partial charge >= 0.3 is 5.76 Å². The highest BCUT2D eigenvalue weighted by Gasteiger charge is 2.16. The molecule has 2 N–H and O–H groups in total. The van der Waals surface area contributed by atoms with Crippen LogP contribution in [0.25, 0.3) is 11.1 Å². The molecule has 4 nitrogen and oxygen atoms in total. The molecule has 0 bridgehead atoms. The van der Waals surface area contributed by atoms with Gasteiger partial charge in [-0.05, 0) is 29.3 Å². The van der Waals surface area contributed by atoms with Gasteiger partial charge in [0.15, 0.2) is 5.58 Å². The molecule has 0 aliphatic rings. The van der Waals surface area contributed by atoms with Crippen molar-refractivity contribution in [1.29, 1.82) is 0 Å². The number of halogens is 2. The molecule has 0 saturated carbocycles. The number of nitrogens with two attached hydrogens (primary N) is 1. The molecule has 2 aromatic carbocycles. The summed E-state index contributed by atoms with van der Waals surface area (Å²) in [5.41, 5.74) is 8.41. The number of benzene rings is 2. The van der Waals surface area contributed by atoms with Crippen LogP contribution >= 0.6 is 11.6 Å². The summed E-state index contributed by atoms with van der Waals surface area (Å²) < 4.78 is 20.0. The Labute approximate surface area is 124 Å². The van der Waals surface area contributed by atoms with Crippen molar-refractivity contribution in [2.24, 2.45) is 12.8 Å². The van der Waals surface area contributed by atoms with Crippen molar-refractivity contribution in [3.63, 3.8) is 0 Å². The zero-order chi connectivity index (χ0) is 15.1. The molecule has 0 fully saturated rings. The Hall–Kier alpha value is -2.11. The molecule has 1 heterocycles. The minimum atomic E-state index is -0.608. The summed E-state index contributed by atoms with van der Waals surface area (Å²) in [7, 11) is 1.62. The van der Waals surface area contributed by atoms with E-state index in [1.807, 2.05) is 0 Å². The van der Waals surface area contributed by atoms with Crippen molar-refractivity contribution >= 4 is 22.7 Å². The Balaban J connectivity index is 2.11. The van der Waals surface area contributed by atoms with Gasteiger partial charge in [-0.3, -0.25) is 4.57 Å². The Morgan fingerprint density at radius 2 is 2.10 bits per heavy atom. The monoisotopic (exact) mass is 306 g/mol. The van der Waals surface area contributed by atoms with Gasteiger partial charge in [-0.2, -0.15) is 0 Å². The average Bonchev–Trinajstić information content (AvgIpc) is 2.76. The fourth-order valence-corrected chi connectivity index (χ4v) is 2.53. The van der Waals surface area contributed by atoms with E-state index in [4.69, 9.17) is 21.8 Å². The molecule has 108 valence electrons. The normalized spacial score (nSPS) is 12.8. The number of rotatable bonds is 2. The fraction of sp³-hybridized carbons (Fsp3) is 0.133. The Morgan fingerprint density at radius 3 is 2.86 bits per heavy atom. The minimum Gasteiger partial charge on any atom is -0.408 e. The van der Waals surface area contributed by atoms with Gasteiger partial charge in [-0.15, -0.1) is 0 Å². The van der Waals surface area contributed by atoms with Gasteiger partial charge in [-0.25, -0.2) is 9.18 Å². The molecule has 0 amide bonds. The predicted molar refractivity (Wildman–Crippen MR) is 78.9 cm³/mol. The van der Waals surface area contributed by atoms with Crippen molar-refractivity contribution in [3.8, 4) is 0 Å². The maximum absolute atomic E-state index is 13.5. The molecule has 6 heteroatoms. The molecule has 3 rings (SSSR count). The van der Waals surface area contributed by atoms with Gasteiger partial charge in [0.05, 0.1) is 16.6 Å². The van der Waals surface area contributed by atoms with E-state index in [2.05, 4.69) is 0 Å². The molecule has 0 aliphatic heterocycles. The molecule has 0 spiro atoms. The minimum absolute atomic E-state index is 0.000360. The van der Waals surface area contributed by atoms with E-state index in [-0.39, 0.29) is 5.02 Å². The van der Waals surface area contributed by atoms with Gasteiger partial charge < -0.3 is 10.2 Å². The van der Waals surface area contributed by atoms with E-state index in [1.54, 1.807) is 37.4 Å². The van der Waals surface area contributed by atoms with Crippen LogP contribution in [0.5, 0.6) is 0 Å². The van der Waals surface area contributed by atoms with E-state index in [9.17, 15) is 9.18 Å². The number of fused-ring (bicyclic) bond motifs is 1. The third-order valence-corrected chi connectivity index (χ3v) is 3.89. The summed E-state index contributed by atoms with van der Waals surface area (Å²) in [5, 5.41) is -0.000360. The first kappa shape index (κ1) is 13.9. The van der Waals surface area contributed by atoms with Gasteiger partial charge in [0, 0.05) is 7.05 Å². The summed E-state index contributed by atoms with van der Waals surface area (Å²) >= 11 is 5.95. The van der Waals surface area contributed by atoms with Crippen LogP contribution in [0.15, 0.2) is 45.6 Å². The third kappa shape index (κ3) is 2.24. The molecule has 21 heavy (non-hydrogen) atoms. The third-order valence-electron chi connectivity index (χ3n) is 3.49. The van der Waals surface area contributed by atoms with Crippen molar-refractivity contribution in [2.45, 2.75) is 6.04 Å². The number of aromatic nitrogens is 1. The first-order chi connectivity index (χ1) is 9.99. The average molecular weight is 307 g/mol. The van der Waals surface area contributed by atoms with Gasteiger partial charge in [0.2, 0.25) is 0 Å². The number of hydrogen-bond acceptors (Lipinski definition) is 3. The molecule has 1 aromatic heterocycles. The van der Waals surface area contributed by atoms with Gasteiger partial charge in [0.25, 0.3) is 0 Å². The molecular weight excluding hydrogens is 295 g/mol. The Kier molecular flexibility index (Phi) is 3.31. The van der Waals surface area contributed by atoms with Crippen LogP contribution < -0.4 is 11.5 Å². The topological polar surface area (TPSA) is 61.2 Å². The second-order valence-electron chi connectivity index (χ2n) is 4.77. The maximum Gasteiger partial charge on any atom is 0.419 e. The van der Waals surface area contributed by atoms with Crippen LogP contribution in [0.2, 0.25) is 5.02 Å². The zero-order valence-electron chi connectivity index (χ0n) is 11.1. The van der Waals surface area contributed by atoms with E-state index in [0.717, 1.165) is 0 Å². The van der Waals surface area contributed by atoms with Crippen LogP contribution in [-0.4, -0.2) is 4.57 Å². The Bertz CT molecular complexity index is 885. The SMILES string of the molecule is Cn1c(=O)oc2cc(C(N)c3cccc(F)c3Cl)ccc21. The van der Waals surface area contributed by atoms with Crippen LogP contribution in [0, 0.1) is 5.82 Å². The van der Waals surface area contributed by atoms with E-state index in [1.165, 1.54) is 10.6 Å². The van der Waals surface area contributed by atoms with E-state index >= 15 is 0 Å². The molecule has 3 aromatic rings. The second-order valence-corrected chi connectivity index (χ2v) is 5.15. The zero-order valence-corrected chi connectivity index (χ0v) is 11.9.